The molecule has 0 unspecified atom stereocenters. The van der Waals surface area contributed by atoms with Crippen LogP contribution in [-0.2, 0) is 11.3 Å². The second-order valence-electron chi connectivity index (χ2n) is 5.23. The second-order valence-corrected chi connectivity index (χ2v) is 6.01. The number of thiophene rings is 1. The van der Waals surface area contributed by atoms with Gasteiger partial charge in [0, 0.05) is 31.4 Å². The van der Waals surface area contributed by atoms with Crippen LogP contribution >= 0.6 is 11.3 Å². The van der Waals surface area contributed by atoms with Crippen molar-refractivity contribution >= 4 is 28.8 Å². The van der Waals surface area contributed by atoms with E-state index in [1.807, 2.05) is 16.8 Å². The lowest BCUT2D eigenvalue weighted by Gasteiger charge is -2.22. The molecule has 0 saturated carbocycles. The van der Waals surface area contributed by atoms with Crippen LogP contribution in [0.1, 0.15) is 15.9 Å². The molecule has 0 fully saturated rings. The lowest BCUT2D eigenvalue weighted by molar-refractivity contribution is -0.113. The SMILES string of the molecule is C=CC(=O)N(C)c1ccc(C(=O)N(CCO)Cc2ccsc2)cc1. The van der Waals surface area contributed by atoms with E-state index in [9.17, 15) is 14.7 Å². The summed E-state index contributed by atoms with van der Waals surface area (Å²) in [7, 11) is 1.65. The maximum Gasteiger partial charge on any atom is 0.254 e. The number of anilines is 1. The van der Waals surface area contributed by atoms with Crippen LogP contribution in [0.15, 0.2) is 53.7 Å². The van der Waals surface area contributed by atoms with Crippen molar-refractivity contribution in [3.8, 4) is 0 Å². The Labute approximate surface area is 145 Å². The van der Waals surface area contributed by atoms with Crippen molar-refractivity contribution in [2.24, 2.45) is 0 Å². The van der Waals surface area contributed by atoms with E-state index in [1.54, 1.807) is 47.5 Å². The second kappa shape index (κ2) is 8.42. The summed E-state index contributed by atoms with van der Waals surface area (Å²) in [6.07, 6.45) is 1.24. The molecule has 0 radical (unpaired) electrons. The number of benzene rings is 1. The molecular weight excluding hydrogens is 324 g/mol. The molecule has 5 nitrogen and oxygen atoms in total. The molecule has 0 spiro atoms. The average Bonchev–Trinajstić information content (AvgIpc) is 3.12. The highest BCUT2D eigenvalue weighted by Crippen LogP contribution is 2.17. The zero-order chi connectivity index (χ0) is 17.5. The molecule has 1 N–H and O–H groups in total. The van der Waals surface area contributed by atoms with Gasteiger partial charge in [0.2, 0.25) is 5.91 Å². The number of aliphatic hydroxyl groups excluding tert-OH is 1. The molecule has 0 aliphatic carbocycles. The van der Waals surface area contributed by atoms with Crippen LogP contribution in [0.5, 0.6) is 0 Å². The fourth-order valence-corrected chi connectivity index (χ4v) is 2.91. The molecule has 1 aromatic heterocycles. The Kier molecular flexibility index (Phi) is 6.28. The summed E-state index contributed by atoms with van der Waals surface area (Å²) in [5, 5.41) is 13.2. The van der Waals surface area contributed by atoms with E-state index in [0.717, 1.165) is 5.56 Å². The number of hydrogen-bond acceptors (Lipinski definition) is 4. The molecule has 0 saturated heterocycles. The number of carbonyl (C=O) groups is 2. The van der Waals surface area contributed by atoms with Crippen molar-refractivity contribution in [1.29, 1.82) is 0 Å². The zero-order valence-corrected chi connectivity index (χ0v) is 14.3. The van der Waals surface area contributed by atoms with Crippen LogP contribution < -0.4 is 4.90 Å². The van der Waals surface area contributed by atoms with Crippen molar-refractivity contribution in [3.63, 3.8) is 0 Å². The van der Waals surface area contributed by atoms with E-state index in [2.05, 4.69) is 6.58 Å². The lowest BCUT2D eigenvalue weighted by atomic mass is 10.1. The Morgan fingerprint density at radius 3 is 2.50 bits per heavy atom. The minimum absolute atomic E-state index is 0.0927. The molecule has 2 rings (SSSR count). The van der Waals surface area contributed by atoms with E-state index in [-0.39, 0.29) is 25.0 Å². The molecule has 0 aliphatic heterocycles. The molecule has 0 atom stereocenters. The van der Waals surface area contributed by atoms with Crippen LogP contribution in [-0.4, -0.2) is 42.0 Å². The van der Waals surface area contributed by atoms with E-state index < -0.39 is 0 Å². The van der Waals surface area contributed by atoms with Gasteiger partial charge < -0.3 is 14.9 Å². The maximum absolute atomic E-state index is 12.7. The number of rotatable bonds is 7. The number of hydrogen-bond donors (Lipinski definition) is 1. The van der Waals surface area contributed by atoms with E-state index in [0.29, 0.717) is 17.8 Å². The van der Waals surface area contributed by atoms with Crippen LogP contribution in [0, 0.1) is 0 Å². The Morgan fingerprint density at radius 1 is 1.25 bits per heavy atom. The summed E-state index contributed by atoms with van der Waals surface area (Å²) < 4.78 is 0. The van der Waals surface area contributed by atoms with Crippen molar-refractivity contribution in [2.75, 3.05) is 25.1 Å². The first-order valence-electron chi connectivity index (χ1n) is 7.48. The quantitative estimate of drug-likeness (QED) is 0.785. The van der Waals surface area contributed by atoms with Crippen LogP contribution in [0.2, 0.25) is 0 Å². The van der Waals surface area contributed by atoms with Gasteiger partial charge in [-0.25, -0.2) is 0 Å². The summed E-state index contributed by atoms with van der Waals surface area (Å²) in [5.41, 5.74) is 2.24. The molecule has 126 valence electrons. The Morgan fingerprint density at radius 2 is 1.96 bits per heavy atom. The summed E-state index contributed by atoms with van der Waals surface area (Å²) in [5.74, 6) is -0.368. The third-order valence-corrected chi connectivity index (χ3v) is 4.35. The van der Waals surface area contributed by atoms with Gasteiger partial charge in [0.25, 0.3) is 5.91 Å². The summed E-state index contributed by atoms with van der Waals surface area (Å²) in [6.45, 7) is 4.09. The number of carbonyl (C=O) groups excluding carboxylic acids is 2. The predicted octanol–water partition coefficient (Wildman–Crippen LogP) is 2.53. The summed E-state index contributed by atoms with van der Waals surface area (Å²) in [4.78, 5) is 27.3. The van der Waals surface area contributed by atoms with Gasteiger partial charge in [0.05, 0.1) is 6.61 Å². The van der Waals surface area contributed by atoms with Crippen molar-refractivity contribution in [3.05, 3.63) is 64.9 Å². The monoisotopic (exact) mass is 344 g/mol. The van der Waals surface area contributed by atoms with Gasteiger partial charge >= 0.3 is 0 Å². The normalized spacial score (nSPS) is 10.2. The largest absolute Gasteiger partial charge is 0.395 e. The van der Waals surface area contributed by atoms with E-state index >= 15 is 0 Å². The molecule has 0 aliphatic rings. The van der Waals surface area contributed by atoms with Crippen molar-refractivity contribution < 1.29 is 14.7 Å². The average molecular weight is 344 g/mol. The lowest BCUT2D eigenvalue weighted by Crippen LogP contribution is -2.33. The first-order valence-corrected chi connectivity index (χ1v) is 8.42. The third-order valence-electron chi connectivity index (χ3n) is 3.62. The van der Waals surface area contributed by atoms with E-state index in [4.69, 9.17) is 0 Å². The van der Waals surface area contributed by atoms with Crippen LogP contribution in [0.4, 0.5) is 5.69 Å². The fraction of sp³-hybridized carbons (Fsp3) is 0.222. The summed E-state index contributed by atoms with van der Waals surface area (Å²) >= 11 is 1.57. The number of likely N-dealkylation sites (N-methyl/N-ethyl adjacent to an activating group) is 1. The van der Waals surface area contributed by atoms with Gasteiger partial charge in [-0.15, -0.1) is 0 Å². The van der Waals surface area contributed by atoms with Gasteiger partial charge in [-0.05, 0) is 52.7 Å². The predicted molar refractivity (Wildman–Crippen MR) is 96.2 cm³/mol. The Hall–Kier alpha value is -2.44. The third kappa shape index (κ3) is 4.31. The molecule has 0 bridgehead atoms. The van der Waals surface area contributed by atoms with Gasteiger partial charge in [0.1, 0.15) is 0 Å². The number of aliphatic hydroxyl groups is 1. The van der Waals surface area contributed by atoms with Crippen LogP contribution in [0.25, 0.3) is 0 Å². The topological polar surface area (TPSA) is 60.9 Å². The number of amides is 2. The van der Waals surface area contributed by atoms with Crippen LogP contribution in [0.3, 0.4) is 0 Å². The minimum atomic E-state index is -0.214. The molecule has 24 heavy (non-hydrogen) atoms. The molecule has 2 amide bonds. The molecular formula is C18H20N2O3S. The maximum atomic E-state index is 12.7. The van der Waals surface area contributed by atoms with Crippen molar-refractivity contribution in [2.45, 2.75) is 6.54 Å². The van der Waals surface area contributed by atoms with Gasteiger partial charge in [-0.1, -0.05) is 6.58 Å². The fourth-order valence-electron chi connectivity index (χ4n) is 2.25. The molecule has 1 aromatic carbocycles. The Bertz CT molecular complexity index is 696. The smallest absolute Gasteiger partial charge is 0.254 e. The molecule has 6 heteroatoms. The zero-order valence-electron chi connectivity index (χ0n) is 13.5. The number of nitrogens with zero attached hydrogens (tertiary/aromatic N) is 2. The minimum Gasteiger partial charge on any atom is -0.395 e. The Balaban J connectivity index is 2.14. The van der Waals surface area contributed by atoms with Gasteiger partial charge in [-0.3, -0.25) is 9.59 Å². The summed E-state index contributed by atoms with van der Waals surface area (Å²) in [6, 6.07) is 8.76. The standard InChI is InChI=1S/C18H20N2O3S/c1-3-17(22)19(2)16-6-4-15(5-7-16)18(23)20(9-10-21)12-14-8-11-24-13-14/h3-8,11,13,21H,1,9-10,12H2,2H3. The van der Waals surface area contributed by atoms with E-state index in [1.165, 1.54) is 11.0 Å². The molecule has 2 aromatic rings. The van der Waals surface area contributed by atoms with Gasteiger partial charge in [-0.2, -0.15) is 11.3 Å². The highest BCUT2D eigenvalue weighted by Gasteiger charge is 2.16. The highest BCUT2D eigenvalue weighted by molar-refractivity contribution is 7.07. The highest BCUT2D eigenvalue weighted by atomic mass is 32.1. The van der Waals surface area contributed by atoms with Gasteiger partial charge in [0.15, 0.2) is 0 Å². The first kappa shape index (κ1) is 17.9. The van der Waals surface area contributed by atoms with Crippen molar-refractivity contribution in [1.82, 2.24) is 4.90 Å². The molecule has 1 heterocycles. The first-order chi connectivity index (χ1) is 11.6.